The Morgan fingerprint density at radius 3 is 2.66 bits per heavy atom. The third-order valence-corrected chi connectivity index (χ3v) is 6.27. The first kappa shape index (κ1) is 19.6. The van der Waals surface area contributed by atoms with Crippen molar-refractivity contribution in [3.05, 3.63) is 23.9 Å². The number of likely N-dealkylation sites (N-methyl/N-ethyl adjacent to an activating group) is 1. The molecule has 0 unspecified atom stereocenters. The van der Waals surface area contributed by atoms with Crippen molar-refractivity contribution in [3.8, 4) is 0 Å². The van der Waals surface area contributed by atoms with E-state index in [-0.39, 0.29) is 24.1 Å². The van der Waals surface area contributed by atoms with E-state index in [1.807, 2.05) is 11.9 Å². The van der Waals surface area contributed by atoms with E-state index in [9.17, 15) is 14.4 Å². The SMILES string of the molecule is C[C@H](C(=O)N1CCN(C)CC1)N1CC[C@]2(CCC1=O)NC(=O)c1cccnc1N2. The molecule has 2 atom stereocenters. The van der Waals surface area contributed by atoms with Gasteiger partial charge in [0.25, 0.3) is 5.91 Å². The number of fused-ring (bicyclic) bond motifs is 1. The van der Waals surface area contributed by atoms with Gasteiger partial charge in [0, 0.05) is 51.8 Å². The number of rotatable bonds is 2. The van der Waals surface area contributed by atoms with Crippen LogP contribution < -0.4 is 10.6 Å². The summed E-state index contributed by atoms with van der Waals surface area (Å²) in [5, 5.41) is 6.37. The quantitative estimate of drug-likeness (QED) is 0.731. The molecule has 0 saturated carbocycles. The molecule has 3 aliphatic heterocycles. The van der Waals surface area contributed by atoms with Gasteiger partial charge in [-0.1, -0.05) is 0 Å². The number of carbonyl (C=O) groups excluding carboxylic acids is 3. The van der Waals surface area contributed by atoms with Crippen molar-refractivity contribution in [2.24, 2.45) is 0 Å². The van der Waals surface area contributed by atoms with Crippen LogP contribution in [0.3, 0.4) is 0 Å². The standard InChI is InChI=1S/C20H28N6O3/c1-14(19(29)25-12-10-24(2)11-13-25)26-9-7-20(6-5-16(26)27)22-17-15(18(28)23-20)4-3-8-21-17/h3-4,8,14H,5-7,9-13H2,1-2H3,(H,21,22)(H,23,28)/t14-,20+/m1/s1. The van der Waals surface area contributed by atoms with E-state index in [1.165, 1.54) is 0 Å². The topological polar surface area (TPSA) is 97.9 Å². The van der Waals surface area contributed by atoms with Gasteiger partial charge in [0.1, 0.15) is 17.5 Å². The molecule has 2 N–H and O–H groups in total. The minimum absolute atomic E-state index is 0.00458. The fraction of sp³-hybridized carbons (Fsp3) is 0.600. The maximum atomic E-state index is 13.0. The van der Waals surface area contributed by atoms with Gasteiger partial charge in [-0.3, -0.25) is 14.4 Å². The molecule has 0 bridgehead atoms. The summed E-state index contributed by atoms with van der Waals surface area (Å²) in [6.45, 7) is 5.27. The van der Waals surface area contributed by atoms with E-state index >= 15 is 0 Å². The maximum Gasteiger partial charge on any atom is 0.256 e. The predicted molar refractivity (Wildman–Crippen MR) is 107 cm³/mol. The van der Waals surface area contributed by atoms with Crippen molar-refractivity contribution < 1.29 is 14.4 Å². The van der Waals surface area contributed by atoms with Gasteiger partial charge in [0.15, 0.2) is 0 Å². The van der Waals surface area contributed by atoms with E-state index in [0.717, 1.165) is 13.1 Å². The smallest absolute Gasteiger partial charge is 0.256 e. The zero-order valence-corrected chi connectivity index (χ0v) is 17.0. The van der Waals surface area contributed by atoms with Gasteiger partial charge in [0.2, 0.25) is 11.8 Å². The Hall–Kier alpha value is -2.68. The molecule has 2 fully saturated rings. The van der Waals surface area contributed by atoms with Gasteiger partial charge in [-0.15, -0.1) is 0 Å². The average Bonchev–Trinajstić information content (AvgIpc) is 2.87. The van der Waals surface area contributed by atoms with Gasteiger partial charge in [-0.25, -0.2) is 4.98 Å². The van der Waals surface area contributed by atoms with Crippen LogP contribution in [0.25, 0.3) is 0 Å². The Labute approximate surface area is 170 Å². The van der Waals surface area contributed by atoms with Crippen LogP contribution in [-0.2, 0) is 9.59 Å². The Balaban J connectivity index is 1.47. The molecule has 2 saturated heterocycles. The molecule has 3 aliphatic rings. The minimum Gasteiger partial charge on any atom is -0.347 e. The first-order valence-electron chi connectivity index (χ1n) is 10.2. The van der Waals surface area contributed by atoms with Crippen molar-refractivity contribution in [2.75, 3.05) is 45.1 Å². The number of amides is 3. The van der Waals surface area contributed by atoms with Gasteiger partial charge >= 0.3 is 0 Å². The number of piperazine rings is 1. The second-order valence-electron chi connectivity index (χ2n) is 8.20. The molecule has 156 valence electrons. The lowest BCUT2D eigenvalue weighted by Crippen LogP contribution is -2.58. The van der Waals surface area contributed by atoms with Crippen LogP contribution in [-0.4, -0.2) is 88.9 Å². The lowest BCUT2D eigenvalue weighted by atomic mass is 9.97. The summed E-state index contributed by atoms with van der Waals surface area (Å²) < 4.78 is 0. The average molecular weight is 400 g/mol. The number of pyridine rings is 1. The summed E-state index contributed by atoms with van der Waals surface area (Å²) in [5.74, 6) is 0.294. The molecule has 1 aromatic heterocycles. The number of nitrogens with one attached hydrogen (secondary N) is 2. The molecule has 0 aromatic carbocycles. The molecule has 1 aromatic rings. The lowest BCUT2D eigenvalue weighted by Gasteiger charge is -2.39. The summed E-state index contributed by atoms with van der Waals surface area (Å²) >= 11 is 0. The number of hydrogen-bond donors (Lipinski definition) is 2. The van der Waals surface area contributed by atoms with Crippen LogP contribution >= 0.6 is 0 Å². The second-order valence-corrected chi connectivity index (χ2v) is 8.20. The van der Waals surface area contributed by atoms with Crippen molar-refractivity contribution in [1.82, 2.24) is 25.0 Å². The highest BCUT2D eigenvalue weighted by atomic mass is 16.2. The molecule has 9 heteroatoms. The highest BCUT2D eigenvalue weighted by molar-refractivity contribution is 6.01. The highest BCUT2D eigenvalue weighted by Crippen LogP contribution is 2.31. The largest absolute Gasteiger partial charge is 0.347 e. The molecule has 9 nitrogen and oxygen atoms in total. The van der Waals surface area contributed by atoms with E-state index in [4.69, 9.17) is 0 Å². The summed E-state index contributed by atoms with van der Waals surface area (Å²) in [7, 11) is 2.04. The van der Waals surface area contributed by atoms with E-state index in [2.05, 4.69) is 20.5 Å². The zero-order chi connectivity index (χ0) is 20.6. The van der Waals surface area contributed by atoms with Gasteiger partial charge in [0.05, 0.1) is 5.56 Å². The van der Waals surface area contributed by atoms with Crippen LogP contribution in [0.1, 0.15) is 36.5 Å². The van der Waals surface area contributed by atoms with Crippen molar-refractivity contribution in [3.63, 3.8) is 0 Å². The normalized spacial score (nSPS) is 26.4. The first-order chi connectivity index (χ1) is 13.9. The Morgan fingerprint density at radius 2 is 1.90 bits per heavy atom. The van der Waals surface area contributed by atoms with Crippen LogP contribution in [0.5, 0.6) is 0 Å². The summed E-state index contributed by atoms with van der Waals surface area (Å²) in [5.41, 5.74) is -0.219. The van der Waals surface area contributed by atoms with Crippen LogP contribution in [0.15, 0.2) is 18.3 Å². The number of aromatic nitrogens is 1. The first-order valence-corrected chi connectivity index (χ1v) is 10.2. The van der Waals surface area contributed by atoms with Gasteiger partial charge in [-0.05, 0) is 32.5 Å². The summed E-state index contributed by atoms with van der Waals surface area (Å²) in [6.07, 6.45) is 2.87. The second kappa shape index (κ2) is 7.62. The third kappa shape index (κ3) is 3.78. The summed E-state index contributed by atoms with van der Waals surface area (Å²) in [4.78, 5) is 48.3. The molecule has 3 amide bonds. The third-order valence-electron chi connectivity index (χ3n) is 6.27. The fourth-order valence-electron chi connectivity index (χ4n) is 4.34. The van der Waals surface area contributed by atoms with Crippen molar-refractivity contribution >= 4 is 23.5 Å². The van der Waals surface area contributed by atoms with Gasteiger partial charge < -0.3 is 25.3 Å². The fourth-order valence-corrected chi connectivity index (χ4v) is 4.34. The minimum atomic E-state index is -0.723. The predicted octanol–water partition coefficient (Wildman–Crippen LogP) is 0.108. The molecular formula is C20H28N6O3. The maximum absolute atomic E-state index is 13.0. The van der Waals surface area contributed by atoms with Crippen molar-refractivity contribution in [2.45, 2.75) is 37.9 Å². The Morgan fingerprint density at radius 1 is 1.14 bits per heavy atom. The molecule has 4 heterocycles. The van der Waals surface area contributed by atoms with E-state index in [0.29, 0.717) is 43.9 Å². The van der Waals surface area contributed by atoms with E-state index < -0.39 is 11.7 Å². The monoisotopic (exact) mass is 400 g/mol. The number of nitrogens with zero attached hydrogens (tertiary/aromatic N) is 4. The summed E-state index contributed by atoms with van der Waals surface area (Å²) in [6, 6.07) is 2.94. The molecular weight excluding hydrogens is 372 g/mol. The van der Waals surface area contributed by atoms with E-state index in [1.54, 1.807) is 30.2 Å². The number of likely N-dealkylation sites (tertiary alicyclic amines) is 1. The molecule has 0 aliphatic carbocycles. The van der Waals surface area contributed by atoms with Crippen LogP contribution in [0.4, 0.5) is 5.82 Å². The van der Waals surface area contributed by atoms with Crippen LogP contribution in [0, 0.1) is 0 Å². The zero-order valence-electron chi connectivity index (χ0n) is 17.0. The highest BCUT2D eigenvalue weighted by Gasteiger charge is 2.42. The van der Waals surface area contributed by atoms with Crippen LogP contribution in [0.2, 0.25) is 0 Å². The van der Waals surface area contributed by atoms with Crippen molar-refractivity contribution in [1.29, 1.82) is 0 Å². The number of anilines is 1. The number of carbonyl (C=O) groups is 3. The molecule has 1 spiro atoms. The van der Waals surface area contributed by atoms with Gasteiger partial charge in [-0.2, -0.15) is 0 Å². The molecule has 29 heavy (non-hydrogen) atoms. The Kier molecular flexibility index (Phi) is 5.16. The Bertz CT molecular complexity index is 822. The molecule has 4 rings (SSSR count). The lowest BCUT2D eigenvalue weighted by molar-refractivity contribution is -0.145. The number of hydrogen-bond acceptors (Lipinski definition) is 6. The molecule has 0 radical (unpaired) electrons.